The van der Waals surface area contributed by atoms with E-state index in [1.54, 1.807) is 28.4 Å². The fraction of sp³-hybridized carbons (Fsp3) is 0.0385. The molecule has 0 spiro atoms. The van der Waals surface area contributed by atoms with Gasteiger partial charge >= 0.3 is 0 Å². The summed E-state index contributed by atoms with van der Waals surface area (Å²) in [6, 6.07) is 29.7. The van der Waals surface area contributed by atoms with Crippen molar-refractivity contribution >= 4 is 38.8 Å². The molecule has 0 aliphatic carbocycles. The number of hydrogen-bond donors (Lipinski definition) is 0. The van der Waals surface area contributed by atoms with E-state index in [4.69, 9.17) is 0 Å². The molecule has 0 radical (unpaired) electrons. The Balaban J connectivity index is 1.62. The van der Waals surface area contributed by atoms with Crippen LogP contribution in [0.5, 0.6) is 0 Å². The van der Waals surface area contributed by atoms with E-state index in [1.807, 2.05) is 82.7 Å². The van der Waals surface area contributed by atoms with Crippen LogP contribution in [0.4, 0.5) is 15.8 Å². The molecule has 0 bridgehead atoms. The Hall–Kier alpha value is -3.70. The molecule has 1 amide bonds. The molecule has 3 nitrogen and oxygen atoms in total. The van der Waals surface area contributed by atoms with E-state index in [0.29, 0.717) is 12.2 Å². The summed E-state index contributed by atoms with van der Waals surface area (Å²) in [4.78, 5) is 15.7. The highest BCUT2D eigenvalue weighted by Gasteiger charge is 2.24. The highest BCUT2D eigenvalue weighted by atomic mass is 32.1. The number of para-hydroxylation sites is 2. The first kappa shape index (κ1) is 19.3. The van der Waals surface area contributed by atoms with Crippen LogP contribution in [0.3, 0.4) is 0 Å². The summed E-state index contributed by atoms with van der Waals surface area (Å²) in [6.07, 6.45) is 0. The number of amides is 1. The Labute approximate surface area is 183 Å². The average molecular weight is 427 g/mol. The van der Waals surface area contributed by atoms with Crippen LogP contribution in [0.15, 0.2) is 102 Å². The van der Waals surface area contributed by atoms with Crippen LogP contribution in [0.25, 0.3) is 10.2 Å². The van der Waals surface area contributed by atoms with Gasteiger partial charge in [0, 0.05) is 17.9 Å². The molecule has 2 heterocycles. The third-order valence-electron chi connectivity index (χ3n) is 5.23. The van der Waals surface area contributed by atoms with Gasteiger partial charge in [0.2, 0.25) is 0 Å². The van der Waals surface area contributed by atoms with Crippen molar-refractivity contribution < 1.29 is 9.18 Å². The summed E-state index contributed by atoms with van der Waals surface area (Å²) >= 11 is 1.60. The van der Waals surface area contributed by atoms with E-state index in [9.17, 15) is 9.18 Å². The number of rotatable bonds is 5. The molecular weight excluding hydrogens is 407 g/mol. The number of halogens is 1. The van der Waals surface area contributed by atoms with Crippen LogP contribution in [-0.4, -0.2) is 10.5 Å². The van der Waals surface area contributed by atoms with E-state index in [-0.39, 0.29) is 11.7 Å². The summed E-state index contributed by atoms with van der Waals surface area (Å²) in [7, 11) is 0. The second kappa shape index (κ2) is 8.20. The zero-order valence-electron chi connectivity index (χ0n) is 16.6. The van der Waals surface area contributed by atoms with Crippen LogP contribution in [0.1, 0.15) is 16.1 Å². The van der Waals surface area contributed by atoms with Crippen molar-refractivity contribution in [2.75, 3.05) is 4.90 Å². The normalized spacial score (nSPS) is 11.0. The van der Waals surface area contributed by atoms with Crippen LogP contribution in [0.2, 0.25) is 0 Å². The van der Waals surface area contributed by atoms with Gasteiger partial charge in [-0.25, -0.2) is 4.39 Å². The molecule has 0 saturated carbocycles. The smallest absolute Gasteiger partial charge is 0.279 e. The first-order chi connectivity index (χ1) is 15.2. The number of thiophene rings is 1. The molecule has 31 heavy (non-hydrogen) atoms. The molecule has 0 fully saturated rings. The molecule has 3 aromatic carbocycles. The summed E-state index contributed by atoms with van der Waals surface area (Å²) in [5.41, 5.74) is 4.14. The van der Waals surface area contributed by atoms with Gasteiger partial charge in [0.15, 0.2) is 0 Å². The first-order valence-corrected chi connectivity index (χ1v) is 10.8. The number of anilines is 2. The predicted octanol–water partition coefficient (Wildman–Crippen LogP) is 6.87. The van der Waals surface area contributed by atoms with E-state index in [2.05, 4.69) is 0 Å². The van der Waals surface area contributed by atoms with Crippen LogP contribution < -0.4 is 4.90 Å². The van der Waals surface area contributed by atoms with Gasteiger partial charge < -0.3 is 4.57 Å². The minimum absolute atomic E-state index is 0.108. The van der Waals surface area contributed by atoms with E-state index < -0.39 is 0 Å². The lowest BCUT2D eigenvalue weighted by atomic mass is 10.2. The third-order valence-corrected chi connectivity index (χ3v) is 6.08. The van der Waals surface area contributed by atoms with E-state index in [0.717, 1.165) is 27.2 Å². The maximum atomic E-state index is 13.9. The molecule has 5 heteroatoms. The van der Waals surface area contributed by atoms with Gasteiger partial charge in [-0.2, -0.15) is 0 Å². The molecule has 0 saturated heterocycles. The van der Waals surface area contributed by atoms with Crippen LogP contribution in [0, 0.1) is 5.82 Å². The Morgan fingerprint density at radius 2 is 1.45 bits per heavy atom. The molecule has 2 aromatic heterocycles. The van der Waals surface area contributed by atoms with Gasteiger partial charge in [0.1, 0.15) is 11.5 Å². The molecular formula is C26H19FN2OS. The number of carbonyl (C=O) groups excluding carboxylic acids is 1. The van der Waals surface area contributed by atoms with Crippen molar-refractivity contribution in [3.8, 4) is 0 Å². The van der Waals surface area contributed by atoms with Gasteiger partial charge in [-0.3, -0.25) is 9.69 Å². The Morgan fingerprint density at radius 1 is 0.839 bits per heavy atom. The van der Waals surface area contributed by atoms with Gasteiger partial charge in [-0.15, -0.1) is 11.3 Å². The molecule has 0 aliphatic heterocycles. The fourth-order valence-corrected chi connectivity index (χ4v) is 4.57. The molecule has 0 N–H and O–H groups in total. The predicted molar refractivity (Wildman–Crippen MR) is 125 cm³/mol. The Morgan fingerprint density at radius 3 is 2.06 bits per heavy atom. The zero-order valence-corrected chi connectivity index (χ0v) is 17.4. The van der Waals surface area contributed by atoms with Crippen LogP contribution in [-0.2, 0) is 6.54 Å². The highest BCUT2D eigenvalue weighted by Crippen LogP contribution is 2.31. The minimum Gasteiger partial charge on any atom is -0.331 e. The summed E-state index contributed by atoms with van der Waals surface area (Å²) in [6.45, 7) is 0.485. The number of fused-ring (bicyclic) bond motifs is 1. The lowest BCUT2D eigenvalue weighted by Crippen LogP contribution is -2.28. The van der Waals surface area contributed by atoms with Crippen molar-refractivity contribution in [1.82, 2.24) is 4.57 Å². The van der Waals surface area contributed by atoms with Gasteiger partial charge in [0.25, 0.3) is 5.91 Å². The largest absolute Gasteiger partial charge is 0.331 e. The maximum Gasteiger partial charge on any atom is 0.279 e. The Kier molecular flexibility index (Phi) is 5.10. The van der Waals surface area contributed by atoms with Gasteiger partial charge in [-0.1, -0.05) is 48.5 Å². The first-order valence-electron chi connectivity index (χ1n) is 9.96. The molecule has 5 aromatic rings. The number of nitrogens with zero attached hydrogens (tertiary/aromatic N) is 2. The standard InChI is InChI=1S/C26H19FN2OS/c27-20-13-11-19(12-14-20)18-28-23-15-16-31-25(23)17-24(28)26(30)29(21-7-3-1-4-8-21)22-9-5-2-6-10-22/h1-17H,18H2. The number of aromatic nitrogens is 1. The summed E-state index contributed by atoms with van der Waals surface area (Å²) in [5.74, 6) is -0.379. The topological polar surface area (TPSA) is 25.2 Å². The summed E-state index contributed by atoms with van der Waals surface area (Å²) in [5, 5.41) is 2.02. The third kappa shape index (κ3) is 3.76. The molecule has 5 rings (SSSR count). The zero-order chi connectivity index (χ0) is 21.2. The van der Waals surface area contributed by atoms with Crippen molar-refractivity contribution in [2.45, 2.75) is 6.54 Å². The quantitative estimate of drug-likeness (QED) is 0.301. The number of hydrogen-bond acceptors (Lipinski definition) is 2. The van der Waals surface area contributed by atoms with Crippen molar-refractivity contribution in [3.63, 3.8) is 0 Å². The number of benzene rings is 3. The van der Waals surface area contributed by atoms with Gasteiger partial charge in [-0.05, 0) is 59.5 Å². The SMILES string of the molecule is O=C(c1cc2sccc2n1Cc1ccc(F)cc1)N(c1ccccc1)c1ccccc1. The second-order valence-corrected chi connectivity index (χ2v) is 8.17. The molecule has 0 atom stereocenters. The van der Waals surface area contributed by atoms with Crippen LogP contribution >= 0.6 is 11.3 Å². The highest BCUT2D eigenvalue weighted by molar-refractivity contribution is 7.17. The maximum absolute atomic E-state index is 13.9. The van der Waals surface area contributed by atoms with Gasteiger partial charge in [0.05, 0.1) is 10.2 Å². The second-order valence-electron chi connectivity index (χ2n) is 7.22. The van der Waals surface area contributed by atoms with Crippen molar-refractivity contribution in [1.29, 1.82) is 0 Å². The summed E-state index contributed by atoms with van der Waals surface area (Å²) < 4.78 is 16.5. The molecule has 0 unspecified atom stereocenters. The fourth-order valence-electron chi connectivity index (χ4n) is 3.75. The Bertz CT molecular complexity index is 1290. The monoisotopic (exact) mass is 426 g/mol. The van der Waals surface area contributed by atoms with Crippen molar-refractivity contribution in [3.05, 3.63) is 120 Å². The van der Waals surface area contributed by atoms with E-state index >= 15 is 0 Å². The van der Waals surface area contributed by atoms with E-state index in [1.165, 1.54) is 12.1 Å². The molecule has 152 valence electrons. The minimum atomic E-state index is -0.271. The lowest BCUT2D eigenvalue weighted by molar-refractivity contribution is 0.0991. The molecule has 0 aliphatic rings. The number of carbonyl (C=O) groups is 1. The van der Waals surface area contributed by atoms with Crippen molar-refractivity contribution in [2.24, 2.45) is 0 Å². The average Bonchev–Trinajstić information content (AvgIpc) is 3.39. The lowest BCUT2D eigenvalue weighted by Gasteiger charge is -2.24.